The maximum Gasteiger partial charge on any atom is 0.394 e. The number of hydrogen-bond donors (Lipinski definition) is 0. The largest absolute Gasteiger partial charge is 0.394 e. The average Bonchev–Trinajstić information content (AvgIpc) is 3.45. The second-order valence-corrected chi connectivity index (χ2v) is 13.8. The van der Waals surface area contributed by atoms with Crippen LogP contribution in [0.3, 0.4) is 0 Å². The zero-order valence-corrected chi connectivity index (χ0v) is 25.7. The van der Waals surface area contributed by atoms with E-state index < -0.39 is 11.6 Å². The Morgan fingerprint density at radius 1 is 0.721 bits per heavy atom. The van der Waals surface area contributed by atoms with E-state index in [9.17, 15) is 13.2 Å². The molecule has 0 radical (unpaired) electrons. The number of rotatable bonds is 3. The fourth-order valence-electron chi connectivity index (χ4n) is 7.15. The summed E-state index contributed by atoms with van der Waals surface area (Å²) >= 11 is 0. The molecule has 7 rings (SSSR count). The first kappa shape index (κ1) is 27.7. The van der Waals surface area contributed by atoms with E-state index in [0.717, 1.165) is 49.4 Å². The summed E-state index contributed by atoms with van der Waals surface area (Å²) in [7, 11) is 2.09. The number of alkyl halides is 3. The Morgan fingerprint density at radius 2 is 1.35 bits per heavy atom. The molecule has 0 saturated carbocycles. The highest BCUT2D eigenvalue weighted by atomic mass is 19.4. The fraction of sp³-hybridized carbons (Fsp3) is 0.289. The van der Waals surface area contributed by atoms with Gasteiger partial charge in [0.2, 0.25) is 5.69 Å². The van der Waals surface area contributed by atoms with Crippen LogP contribution in [0.1, 0.15) is 51.3 Å². The first-order chi connectivity index (χ1) is 20.2. The Hall–Kier alpha value is -4.12. The molecule has 0 saturated heterocycles. The van der Waals surface area contributed by atoms with Gasteiger partial charge in [0.05, 0.1) is 22.0 Å². The van der Waals surface area contributed by atoms with Gasteiger partial charge in [-0.05, 0) is 58.4 Å². The SMILES string of the molecule is Cc1c(-c2c3c(cc[n+]2C)c2cccc4c5c(CC(C)(C)C(F)(F)F)cccc5n3c24)cc(C(C)(C)C)c2ccccc12. The summed E-state index contributed by atoms with van der Waals surface area (Å²) in [5.74, 6) is 0. The number of aryl methyl sites for hydroxylation is 2. The van der Waals surface area contributed by atoms with Crippen LogP contribution >= 0.6 is 0 Å². The second-order valence-electron chi connectivity index (χ2n) is 13.8. The van der Waals surface area contributed by atoms with Crippen LogP contribution in [0.15, 0.2) is 79.0 Å². The lowest BCUT2D eigenvalue weighted by atomic mass is 9.80. The van der Waals surface area contributed by atoms with E-state index in [1.54, 1.807) is 0 Å². The Kier molecular flexibility index (Phi) is 5.76. The minimum Gasteiger partial charge on any atom is -0.302 e. The number of aromatic nitrogens is 2. The smallest absolute Gasteiger partial charge is 0.302 e. The molecule has 0 aliphatic rings. The van der Waals surface area contributed by atoms with E-state index >= 15 is 0 Å². The first-order valence-electron chi connectivity index (χ1n) is 14.9. The van der Waals surface area contributed by atoms with Gasteiger partial charge in [0.1, 0.15) is 12.6 Å². The quantitative estimate of drug-likeness (QED) is 0.185. The second kappa shape index (κ2) is 8.95. The maximum absolute atomic E-state index is 14.1. The summed E-state index contributed by atoms with van der Waals surface area (Å²) in [6.45, 7) is 11.6. The van der Waals surface area contributed by atoms with Gasteiger partial charge >= 0.3 is 6.18 Å². The molecule has 0 N–H and O–H groups in total. The van der Waals surface area contributed by atoms with Crippen molar-refractivity contribution in [2.45, 2.75) is 59.6 Å². The Bertz CT molecular complexity index is 2230. The number of halogens is 3. The van der Waals surface area contributed by atoms with Crippen LogP contribution in [0.25, 0.3) is 60.1 Å². The number of pyridine rings is 1. The van der Waals surface area contributed by atoms with Gasteiger partial charge in [0.25, 0.3) is 0 Å². The van der Waals surface area contributed by atoms with Gasteiger partial charge in [-0.2, -0.15) is 17.7 Å². The lowest BCUT2D eigenvalue weighted by Crippen LogP contribution is -2.34. The average molecular weight is 578 g/mol. The predicted octanol–water partition coefficient (Wildman–Crippen LogP) is 10.2. The molecule has 5 heteroatoms. The molecule has 2 nitrogen and oxygen atoms in total. The molecular weight excluding hydrogens is 541 g/mol. The zero-order chi connectivity index (χ0) is 30.6. The predicted molar refractivity (Wildman–Crippen MR) is 172 cm³/mol. The molecule has 4 aromatic carbocycles. The zero-order valence-electron chi connectivity index (χ0n) is 25.7. The summed E-state index contributed by atoms with van der Waals surface area (Å²) in [6, 6.07) is 25.2. The van der Waals surface area contributed by atoms with E-state index in [-0.39, 0.29) is 11.8 Å². The van der Waals surface area contributed by atoms with Crippen LogP contribution in [0, 0.1) is 12.3 Å². The third kappa shape index (κ3) is 3.90. The summed E-state index contributed by atoms with van der Waals surface area (Å²) in [5, 5.41) is 6.65. The molecule has 0 fully saturated rings. The van der Waals surface area contributed by atoms with Gasteiger partial charge in [-0.15, -0.1) is 0 Å². The van der Waals surface area contributed by atoms with Gasteiger partial charge in [-0.3, -0.25) is 0 Å². The number of nitrogens with zero attached hydrogens (tertiary/aromatic N) is 2. The maximum atomic E-state index is 14.1. The molecule has 0 bridgehead atoms. The van der Waals surface area contributed by atoms with E-state index in [1.807, 2.05) is 18.2 Å². The first-order valence-corrected chi connectivity index (χ1v) is 14.9. The highest BCUT2D eigenvalue weighted by Gasteiger charge is 2.47. The van der Waals surface area contributed by atoms with Crippen molar-refractivity contribution < 1.29 is 17.7 Å². The monoisotopic (exact) mass is 577 g/mol. The highest BCUT2D eigenvalue weighted by molar-refractivity contribution is 6.25. The normalized spacial score (nSPS) is 13.4. The highest BCUT2D eigenvalue weighted by Crippen LogP contribution is 2.46. The van der Waals surface area contributed by atoms with Crippen LogP contribution in [-0.2, 0) is 18.9 Å². The molecule has 3 aromatic heterocycles. The van der Waals surface area contributed by atoms with Crippen LogP contribution in [0.2, 0.25) is 0 Å². The van der Waals surface area contributed by atoms with Crippen molar-refractivity contribution in [3.8, 4) is 11.3 Å². The van der Waals surface area contributed by atoms with Crippen molar-refractivity contribution in [1.82, 2.24) is 4.40 Å². The van der Waals surface area contributed by atoms with Crippen molar-refractivity contribution in [1.29, 1.82) is 0 Å². The number of fused-ring (bicyclic) bond motifs is 7. The Balaban J connectivity index is 1.65. The van der Waals surface area contributed by atoms with Gasteiger partial charge < -0.3 is 4.40 Å². The third-order valence-electron chi connectivity index (χ3n) is 9.49. The van der Waals surface area contributed by atoms with Crippen molar-refractivity contribution >= 4 is 48.9 Å². The molecule has 7 aromatic rings. The summed E-state index contributed by atoms with van der Waals surface area (Å²) in [6.07, 6.45) is -2.26. The summed E-state index contributed by atoms with van der Waals surface area (Å²) < 4.78 is 46.7. The van der Waals surface area contributed by atoms with Gasteiger partial charge in [-0.1, -0.05) is 89.2 Å². The third-order valence-corrected chi connectivity index (χ3v) is 9.49. The molecule has 218 valence electrons. The molecule has 0 unspecified atom stereocenters. The van der Waals surface area contributed by atoms with Crippen molar-refractivity contribution in [3.05, 3.63) is 95.7 Å². The van der Waals surface area contributed by atoms with Gasteiger partial charge in [-0.25, -0.2) is 0 Å². The molecule has 43 heavy (non-hydrogen) atoms. The van der Waals surface area contributed by atoms with Gasteiger partial charge in [0, 0.05) is 27.6 Å². The van der Waals surface area contributed by atoms with E-state index in [1.165, 1.54) is 41.3 Å². The van der Waals surface area contributed by atoms with Crippen molar-refractivity contribution in [2.75, 3.05) is 0 Å². The fourth-order valence-corrected chi connectivity index (χ4v) is 7.15. The Morgan fingerprint density at radius 3 is 2.05 bits per heavy atom. The molecule has 0 spiro atoms. The van der Waals surface area contributed by atoms with Gasteiger partial charge in [0.15, 0.2) is 6.20 Å². The number of para-hydroxylation sites is 1. The molecule has 0 amide bonds. The van der Waals surface area contributed by atoms with Crippen LogP contribution in [0.4, 0.5) is 13.2 Å². The summed E-state index contributed by atoms with van der Waals surface area (Å²) in [5.41, 5.74) is 6.65. The lowest BCUT2D eigenvalue weighted by Gasteiger charge is -2.28. The minimum absolute atomic E-state index is 0.0743. The lowest BCUT2D eigenvalue weighted by molar-refractivity contribution is -0.659. The number of benzene rings is 4. The van der Waals surface area contributed by atoms with Crippen LogP contribution in [-0.4, -0.2) is 10.6 Å². The van der Waals surface area contributed by atoms with Crippen LogP contribution < -0.4 is 4.57 Å². The standard InChI is InChI=1S/C38H36F3N2/c1-22-24-13-8-9-14-25(24)30(36(2,3)4)20-29(22)34-35-27(18-19-42(34)7)26-15-11-16-28-32-23(21-37(5,6)38(39,40)41)12-10-17-31(32)43(35)33(26)28/h8-20H,21H2,1-7H3/q+1. The Labute approximate surface area is 249 Å². The van der Waals surface area contributed by atoms with Crippen LogP contribution in [0.5, 0.6) is 0 Å². The minimum atomic E-state index is -4.30. The van der Waals surface area contributed by atoms with E-state index in [2.05, 4.69) is 105 Å². The molecule has 0 atom stereocenters. The topological polar surface area (TPSA) is 8.29 Å². The van der Waals surface area contributed by atoms with Crippen molar-refractivity contribution in [3.63, 3.8) is 0 Å². The van der Waals surface area contributed by atoms with E-state index in [0.29, 0.717) is 0 Å². The summed E-state index contributed by atoms with van der Waals surface area (Å²) in [4.78, 5) is 0. The van der Waals surface area contributed by atoms with E-state index in [4.69, 9.17) is 0 Å². The number of hydrogen-bond acceptors (Lipinski definition) is 0. The molecule has 0 aliphatic heterocycles. The van der Waals surface area contributed by atoms with Crippen molar-refractivity contribution in [2.24, 2.45) is 12.5 Å². The molecule has 0 aliphatic carbocycles. The molecule has 3 heterocycles. The molecular formula is C38H36F3N2+.